The maximum atomic E-state index is 12.9. The van der Waals surface area contributed by atoms with Gasteiger partial charge in [0.25, 0.3) is 0 Å². The largest absolute Gasteiger partial charge is 0.454 e. The SMILES string of the molecule is CCc1c(C(=O)OCC(=O)c2cc(C)n(C3CCS(=O)(=O)C3)c2C)cnn1-c1ccccn1. The van der Waals surface area contributed by atoms with Gasteiger partial charge in [0, 0.05) is 29.2 Å². The third-order valence-corrected chi connectivity index (χ3v) is 7.73. The molecule has 3 aromatic heterocycles. The van der Waals surface area contributed by atoms with Crippen LogP contribution in [0, 0.1) is 13.8 Å². The normalized spacial score (nSPS) is 17.2. The molecule has 4 heterocycles. The van der Waals surface area contributed by atoms with E-state index in [1.54, 1.807) is 36.0 Å². The first kappa shape index (κ1) is 22.9. The molecule has 1 fully saturated rings. The van der Waals surface area contributed by atoms with Gasteiger partial charge in [-0.25, -0.2) is 22.9 Å². The number of ketones is 1. The second-order valence-corrected chi connectivity index (χ2v) is 10.4. The first-order chi connectivity index (χ1) is 15.7. The summed E-state index contributed by atoms with van der Waals surface area (Å²) in [4.78, 5) is 29.8. The summed E-state index contributed by atoms with van der Waals surface area (Å²) < 4.78 is 32.6. The molecule has 1 saturated heterocycles. The number of carbonyl (C=O) groups excluding carboxylic acids is 2. The Kier molecular flexibility index (Phi) is 6.20. The Labute approximate surface area is 192 Å². The fraction of sp³-hybridized carbons (Fsp3) is 0.391. The van der Waals surface area contributed by atoms with Gasteiger partial charge in [-0.3, -0.25) is 4.79 Å². The van der Waals surface area contributed by atoms with Crippen LogP contribution in [0.1, 0.15) is 57.2 Å². The summed E-state index contributed by atoms with van der Waals surface area (Å²) in [6.07, 6.45) is 4.12. The van der Waals surface area contributed by atoms with E-state index in [1.807, 2.05) is 24.5 Å². The van der Waals surface area contributed by atoms with Crippen molar-refractivity contribution in [1.82, 2.24) is 19.3 Å². The Morgan fingerprint density at radius 2 is 2.00 bits per heavy atom. The Hall–Kier alpha value is -3.27. The van der Waals surface area contributed by atoms with Gasteiger partial charge in [-0.1, -0.05) is 13.0 Å². The molecule has 0 saturated carbocycles. The third-order valence-electron chi connectivity index (χ3n) is 5.98. The van der Waals surface area contributed by atoms with E-state index in [2.05, 4.69) is 10.1 Å². The average molecular weight is 471 g/mol. The van der Waals surface area contributed by atoms with Gasteiger partial charge in [0.1, 0.15) is 5.56 Å². The minimum Gasteiger partial charge on any atom is -0.454 e. The molecule has 1 aliphatic rings. The number of hydrogen-bond acceptors (Lipinski definition) is 7. The minimum absolute atomic E-state index is 0.0754. The van der Waals surface area contributed by atoms with Crippen molar-refractivity contribution >= 4 is 21.6 Å². The van der Waals surface area contributed by atoms with Crippen LogP contribution in [0.4, 0.5) is 0 Å². The molecule has 0 N–H and O–H groups in total. The number of rotatable bonds is 7. The zero-order valence-electron chi connectivity index (χ0n) is 18.8. The number of sulfone groups is 1. The summed E-state index contributed by atoms with van der Waals surface area (Å²) in [7, 11) is -3.05. The van der Waals surface area contributed by atoms with Gasteiger partial charge in [0.05, 0.1) is 23.4 Å². The second-order valence-electron chi connectivity index (χ2n) is 8.17. The molecule has 0 amide bonds. The summed E-state index contributed by atoms with van der Waals surface area (Å²) >= 11 is 0. The van der Waals surface area contributed by atoms with Crippen molar-refractivity contribution in [3.05, 3.63) is 64.9 Å². The van der Waals surface area contributed by atoms with Crippen LogP contribution in [0.2, 0.25) is 0 Å². The van der Waals surface area contributed by atoms with E-state index >= 15 is 0 Å². The lowest BCUT2D eigenvalue weighted by molar-refractivity contribution is 0.0473. The van der Waals surface area contributed by atoms with Gasteiger partial charge in [-0.15, -0.1) is 0 Å². The Bertz CT molecular complexity index is 1310. The Morgan fingerprint density at radius 3 is 2.64 bits per heavy atom. The predicted molar refractivity (Wildman–Crippen MR) is 122 cm³/mol. The number of carbonyl (C=O) groups is 2. The Morgan fingerprint density at radius 1 is 1.21 bits per heavy atom. The minimum atomic E-state index is -3.05. The van der Waals surface area contributed by atoms with Crippen LogP contribution >= 0.6 is 0 Å². The molecule has 33 heavy (non-hydrogen) atoms. The zero-order valence-corrected chi connectivity index (χ0v) is 19.6. The fourth-order valence-corrected chi connectivity index (χ4v) is 6.15. The molecule has 0 aliphatic carbocycles. The van der Waals surface area contributed by atoms with Crippen LogP contribution < -0.4 is 0 Å². The number of nitrogens with zero attached hydrogens (tertiary/aromatic N) is 4. The highest BCUT2D eigenvalue weighted by molar-refractivity contribution is 7.91. The molecule has 9 nitrogen and oxygen atoms in total. The molecule has 3 aromatic rings. The maximum Gasteiger partial charge on any atom is 0.342 e. The van der Waals surface area contributed by atoms with Crippen molar-refractivity contribution in [1.29, 1.82) is 0 Å². The predicted octanol–water partition coefficient (Wildman–Crippen LogP) is 2.65. The van der Waals surface area contributed by atoms with Crippen LogP contribution in [0.15, 0.2) is 36.7 Å². The lowest BCUT2D eigenvalue weighted by atomic mass is 10.1. The van der Waals surface area contributed by atoms with Crippen LogP contribution in [-0.2, 0) is 21.0 Å². The molecule has 4 rings (SSSR count). The molecule has 0 bridgehead atoms. The van der Waals surface area contributed by atoms with Gasteiger partial charge in [0.15, 0.2) is 22.3 Å². The molecule has 1 aliphatic heterocycles. The van der Waals surface area contributed by atoms with Crippen LogP contribution in [0.25, 0.3) is 5.82 Å². The lowest BCUT2D eigenvalue weighted by Gasteiger charge is -2.16. The molecule has 1 unspecified atom stereocenters. The van der Waals surface area contributed by atoms with E-state index in [-0.39, 0.29) is 28.9 Å². The third kappa shape index (κ3) is 4.47. The first-order valence-electron chi connectivity index (χ1n) is 10.8. The number of ether oxygens (including phenoxy) is 1. The first-order valence-corrected chi connectivity index (χ1v) is 12.6. The highest BCUT2D eigenvalue weighted by Crippen LogP contribution is 2.29. The van der Waals surface area contributed by atoms with E-state index in [4.69, 9.17) is 4.74 Å². The zero-order chi connectivity index (χ0) is 23.8. The van der Waals surface area contributed by atoms with Crippen LogP contribution in [0.5, 0.6) is 0 Å². The van der Waals surface area contributed by atoms with E-state index in [0.717, 1.165) is 5.69 Å². The topological polar surface area (TPSA) is 113 Å². The van der Waals surface area contributed by atoms with Crippen molar-refractivity contribution in [2.45, 2.75) is 39.7 Å². The van der Waals surface area contributed by atoms with Crippen LogP contribution in [0.3, 0.4) is 0 Å². The molecular weight excluding hydrogens is 444 g/mol. The van der Waals surface area contributed by atoms with Gasteiger partial charge < -0.3 is 9.30 Å². The number of aromatic nitrogens is 4. The average Bonchev–Trinajstić information content (AvgIpc) is 3.46. The highest BCUT2D eigenvalue weighted by atomic mass is 32.2. The summed E-state index contributed by atoms with van der Waals surface area (Å²) in [5, 5.41) is 4.26. The molecule has 10 heteroatoms. The van der Waals surface area contributed by atoms with Crippen molar-refractivity contribution < 1.29 is 22.7 Å². The van der Waals surface area contributed by atoms with Crippen molar-refractivity contribution in [3.63, 3.8) is 0 Å². The number of esters is 1. The molecule has 0 radical (unpaired) electrons. The number of hydrogen-bond donors (Lipinski definition) is 0. The van der Waals surface area contributed by atoms with Gasteiger partial charge in [-0.2, -0.15) is 5.10 Å². The molecular formula is C23H26N4O5S. The number of pyridine rings is 1. The Balaban J connectivity index is 1.48. The van der Waals surface area contributed by atoms with Gasteiger partial charge in [-0.05, 0) is 44.9 Å². The van der Waals surface area contributed by atoms with E-state index < -0.39 is 22.4 Å². The van der Waals surface area contributed by atoms with Crippen molar-refractivity contribution in [3.8, 4) is 5.82 Å². The standard InChI is InChI=1S/C23H26N4O5S/c1-4-20-19(12-25-27(20)22-7-5-6-9-24-22)23(29)32-13-21(28)18-11-15(2)26(16(18)3)17-8-10-33(30,31)14-17/h5-7,9,11-12,17H,4,8,10,13-14H2,1-3H3. The van der Waals surface area contributed by atoms with E-state index in [0.29, 0.717) is 35.6 Å². The lowest BCUT2D eigenvalue weighted by Crippen LogP contribution is -2.17. The summed E-state index contributed by atoms with van der Waals surface area (Å²) in [5.74, 6) is -0.143. The highest BCUT2D eigenvalue weighted by Gasteiger charge is 2.32. The summed E-state index contributed by atoms with van der Waals surface area (Å²) in [6, 6.07) is 6.96. The monoisotopic (exact) mass is 470 g/mol. The number of aryl methyl sites for hydroxylation is 1. The van der Waals surface area contributed by atoms with Crippen LogP contribution in [-0.4, -0.2) is 57.6 Å². The molecule has 174 valence electrons. The summed E-state index contributed by atoms with van der Waals surface area (Å²) in [6.45, 7) is 5.12. The fourth-order valence-electron chi connectivity index (χ4n) is 4.45. The summed E-state index contributed by atoms with van der Waals surface area (Å²) in [5.41, 5.74) is 2.87. The number of Topliss-reactive ketones (excluding diaryl/α,β-unsaturated/α-hetero) is 1. The van der Waals surface area contributed by atoms with Gasteiger partial charge in [0.2, 0.25) is 5.78 Å². The van der Waals surface area contributed by atoms with Gasteiger partial charge >= 0.3 is 5.97 Å². The van der Waals surface area contributed by atoms with Crippen molar-refractivity contribution in [2.75, 3.05) is 18.1 Å². The van der Waals surface area contributed by atoms with E-state index in [1.165, 1.54) is 6.20 Å². The molecule has 1 atom stereocenters. The maximum absolute atomic E-state index is 12.9. The molecule has 0 aromatic carbocycles. The van der Waals surface area contributed by atoms with E-state index in [9.17, 15) is 18.0 Å². The smallest absolute Gasteiger partial charge is 0.342 e. The quantitative estimate of drug-likeness (QED) is 0.385. The van der Waals surface area contributed by atoms with Crippen molar-refractivity contribution in [2.24, 2.45) is 0 Å². The second kappa shape index (κ2) is 8.93. The molecule has 0 spiro atoms.